The molecule has 3 atom stereocenters. The van der Waals surface area contributed by atoms with Crippen molar-refractivity contribution in [1.29, 1.82) is 0 Å². The summed E-state index contributed by atoms with van der Waals surface area (Å²) in [5, 5.41) is 3.48. The molecule has 0 aromatic carbocycles. The predicted molar refractivity (Wildman–Crippen MR) is 64.7 cm³/mol. The van der Waals surface area contributed by atoms with Gasteiger partial charge < -0.3 is 5.32 Å². The van der Waals surface area contributed by atoms with E-state index in [2.05, 4.69) is 51.9 Å². The van der Waals surface area contributed by atoms with Crippen molar-refractivity contribution in [3.8, 4) is 0 Å². The normalized spacial score (nSPS) is 18.2. The lowest BCUT2D eigenvalue weighted by molar-refractivity contribution is 0.157. The summed E-state index contributed by atoms with van der Waals surface area (Å²) in [5.41, 5.74) is 0. The van der Waals surface area contributed by atoms with Gasteiger partial charge >= 0.3 is 0 Å². The van der Waals surface area contributed by atoms with E-state index in [1.54, 1.807) is 0 Å². The van der Waals surface area contributed by atoms with Gasteiger partial charge in [0.05, 0.1) is 0 Å². The summed E-state index contributed by atoms with van der Waals surface area (Å²) < 4.78 is 0. The number of hydrogen-bond acceptors (Lipinski definition) is 2. The Kier molecular flexibility index (Phi) is 7.20. The summed E-state index contributed by atoms with van der Waals surface area (Å²) in [4.78, 5) is 2.48. The summed E-state index contributed by atoms with van der Waals surface area (Å²) in [6.07, 6.45) is 2.56. The molecule has 0 aromatic rings. The van der Waals surface area contributed by atoms with Crippen LogP contribution in [0, 0.1) is 0 Å². The molecule has 0 heterocycles. The van der Waals surface area contributed by atoms with Crippen LogP contribution in [0.5, 0.6) is 0 Å². The summed E-state index contributed by atoms with van der Waals surface area (Å²) in [7, 11) is 2.23. The highest BCUT2D eigenvalue weighted by Gasteiger charge is 2.19. The van der Waals surface area contributed by atoms with Gasteiger partial charge in [0, 0.05) is 18.1 Å². The Bertz CT molecular complexity index is 120. The van der Waals surface area contributed by atoms with Crippen LogP contribution in [0.2, 0.25) is 0 Å². The lowest BCUT2D eigenvalue weighted by atomic mass is 10.1. The van der Waals surface area contributed by atoms with E-state index in [1.807, 2.05) is 0 Å². The van der Waals surface area contributed by atoms with Crippen molar-refractivity contribution in [3.05, 3.63) is 0 Å². The number of rotatable bonds is 7. The molecule has 0 saturated carbocycles. The van der Waals surface area contributed by atoms with E-state index in [1.165, 1.54) is 12.8 Å². The van der Waals surface area contributed by atoms with Gasteiger partial charge in [0.25, 0.3) is 0 Å². The fourth-order valence-corrected chi connectivity index (χ4v) is 1.87. The largest absolute Gasteiger partial charge is 0.313 e. The maximum absolute atomic E-state index is 3.48. The van der Waals surface area contributed by atoms with Crippen molar-refractivity contribution < 1.29 is 0 Å². The first-order valence-electron chi connectivity index (χ1n) is 5.99. The van der Waals surface area contributed by atoms with Crippen LogP contribution in [-0.4, -0.2) is 36.6 Å². The highest BCUT2D eigenvalue weighted by Crippen LogP contribution is 2.10. The van der Waals surface area contributed by atoms with Crippen LogP contribution in [0.15, 0.2) is 0 Å². The third-order valence-corrected chi connectivity index (χ3v) is 3.29. The molecule has 0 saturated heterocycles. The van der Waals surface area contributed by atoms with E-state index in [-0.39, 0.29) is 0 Å². The standard InChI is InChI=1S/C12H28N2/c1-7-9-10(3)14(6)12(5)11(4)13-8-2/h10-13H,7-9H2,1-6H3. The molecule has 86 valence electrons. The Hall–Kier alpha value is -0.0800. The first-order chi connectivity index (χ1) is 6.54. The van der Waals surface area contributed by atoms with E-state index >= 15 is 0 Å². The third-order valence-electron chi connectivity index (χ3n) is 3.29. The van der Waals surface area contributed by atoms with Crippen molar-refractivity contribution in [3.63, 3.8) is 0 Å². The minimum atomic E-state index is 0.573. The lowest BCUT2D eigenvalue weighted by Crippen LogP contribution is -2.48. The summed E-state index contributed by atoms with van der Waals surface area (Å²) in [5.74, 6) is 0. The molecule has 3 unspecified atom stereocenters. The Morgan fingerprint density at radius 1 is 1.14 bits per heavy atom. The van der Waals surface area contributed by atoms with Crippen molar-refractivity contribution >= 4 is 0 Å². The van der Waals surface area contributed by atoms with E-state index < -0.39 is 0 Å². The molecule has 1 N–H and O–H groups in total. The van der Waals surface area contributed by atoms with Gasteiger partial charge in [-0.3, -0.25) is 4.90 Å². The average Bonchev–Trinajstić information content (AvgIpc) is 2.16. The molecule has 0 aliphatic rings. The molecule has 2 heteroatoms. The molecular weight excluding hydrogens is 172 g/mol. The van der Waals surface area contributed by atoms with Crippen molar-refractivity contribution in [2.24, 2.45) is 0 Å². The van der Waals surface area contributed by atoms with Crippen LogP contribution < -0.4 is 5.32 Å². The second kappa shape index (κ2) is 7.24. The number of hydrogen-bond donors (Lipinski definition) is 1. The zero-order chi connectivity index (χ0) is 11.1. The van der Waals surface area contributed by atoms with E-state index in [0.29, 0.717) is 18.1 Å². The fourth-order valence-electron chi connectivity index (χ4n) is 1.87. The smallest absolute Gasteiger partial charge is 0.0218 e. The Morgan fingerprint density at radius 3 is 2.14 bits per heavy atom. The van der Waals surface area contributed by atoms with Gasteiger partial charge in [0.15, 0.2) is 0 Å². The number of nitrogens with one attached hydrogen (secondary N) is 1. The zero-order valence-electron chi connectivity index (χ0n) is 10.8. The van der Waals surface area contributed by atoms with Gasteiger partial charge in [-0.05, 0) is 40.8 Å². The molecule has 0 aliphatic carbocycles. The van der Waals surface area contributed by atoms with Crippen LogP contribution in [-0.2, 0) is 0 Å². The van der Waals surface area contributed by atoms with Crippen LogP contribution in [0.3, 0.4) is 0 Å². The fraction of sp³-hybridized carbons (Fsp3) is 1.00. The van der Waals surface area contributed by atoms with Crippen LogP contribution in [0.25, 0.3) is 0 Å². The molecule has 2 nitrogen and oxygen atoms in total. The zero-order valence-corrected chi connectivity index (χ0v) is 10.8. The van der Waals surface area contributed by atoms with E-state index in [0.717, 1.165) is 6.54 Å². The van der Waals surface area contributed by atoms with Crippen molar-refractivity contribution in [2.75, 3.05) is 13.6 Å². The Labute approximate surface area is 90.1 Å². The minimum absolute atomic E-state index is 0.573. The average molecular weight is 200 g/mol. The molecule has 0 rings (SSSR count). The maximum Gasteiger partial charge on any atom is 0.0218 e. The van der Waals surface area contributed by atoms with Gasteiger partial charge in [0.1, 0.15) is 0 Å². The molecule has 0 bridgehead atoms. The number of nitrogens with zero attached hydrogens (tertiary/aromatic N) is 1. The quantitative estimate of drug-likeness (QED) is 0.679. The van der Waals surface area contributed by atoms with Crippen molar-refractivity contribution in [1.82, 2.24) is 10.2 Å². The molecule has 0 amide bonds. The van der Waals surface area contributed by atoms with Gasteiger partial charge in [-0.1, -0.05) is 20.3 Å². The molecular formula is C12H28N2. The second-order valence-corrected chi connectivity index (χ2v) is 4.39. The number of likely N-dealkylation sites (N-methyl/N-ethyl adjacent to an activating group) is 2. The topological polar surface area (TPSA) is 15.3 Å². The highest BCUT2D eigenvalue weighted by molar-refractivity contribution is 4.78. The highest BCUT2D eigenvalue weighted by atomic mass is 15.2. The molecule has 0 aliphatic heterocycles. The first kappa shape index (κ1) is 13.9. The van der Waals surface area contributed by atoms with Gasteiger partial charge in [-0.2, -0.15) is 0 Å². The third kappa shape index (κ3) is 4.43. The second-order valence-electron chi connectivity index (χ2n) is 4.39. The molecule has 0 aromatic heterocycles. The van der Waals surface area contributed by atoms with Crippen LogP contribution in [0.1, 0.15) is 47.5 Å². The first-order valence-corrected chi connectivity index (χ1v) is 5.99. The maximum atomic E-state index is 3.48. The van der Waals surface area contributed by atoms with Gasteiger partial charge in [0.2, 0.25) is 0 Å². The molecule has 0 fully saturated rings. The van der Waals surface area contributed by atoms with Crippen LogP contribution >= 0.6 is 0 Å². The Morgan fingerprint density at radius 2 is 1.71 bits per heavy atom. The minimum Gasteiger partial charge on any atom is -0.313 e. The summed E-state index contributed by atoms with van der Waals surface area (Å²) >= 11 is 0. The van der Waals surface area contributed by atoms with Gasteiger partial charge in [-0.25, -0.2) is 0 Å². The van der Waals surface area contributed by atoms with Crippen LogP contribution in [0.4, 0.5) is 0 Å². The van der Waals surface area contributed by atoms with E-state index in [9.17, 15) is 0 Å². The lowest BCUT2D eigenvalue weighted by Gasteiger charge is -2.34. The van der Waals surface area contributed by atoms with Crippen molar-refractivity contribution in [2.45, 2.75) is 65.6 Å². The monoisotopic (exact) mass is 200 g/mol. The van der Waals surface area contributed by atoms with E-state index in [4.69, 9.17) is 0 Å². The molecule has 0 spiro atoms. The Balaban J connectivity index is 4.01. The van der Waals surface area contributed by atoms with Gasteiger partial charge in [-0.15, -0.1) is 0 Å². The summed E-state index contributed by atoms with van der Waals surface area (Å²) in [6, 6.07) is 1.87. The SMILES string of the molecule is CCCC(C)N(C)C(C)C(C)NCC. The summed E-state index contributed by atoms with van der Waals surface area (Å²) in [6.45, 7) is 12.4. The predicted octanol–water partition coefficient (Wildman–Crippen LogP) is 2.49. The molecule has 0 radical (unpaired) electrons. The molecule has 14 heavy (non-hydrogen) atoms.